The topological polar surface area (TPSA) is 52.6 Å². The molecule has 0 saturated carbocycles. The summed E-state index contributed by atoms with van der Waals surface area (Å²) in [5.74, 6) is 0.109. The predicted octanol–water partition coefficient (Wildman–Crippen LogP) is 0.616. The van der Waals surface area contributed by atoms with Gasteiger partial charge in [-0.2, -0.15) is 0 Å². The quantitative estimate of drug-likeness (QED) is 0.746. The summed E-state index contributed by atoms with van der Waals surface area (Å²) in [6.45, 7) is 1.15. The number of β-amino-alcohol motifs (C(OH)–C–C–N with tert-alkyl or cyclic N) is 1. The Morgan fingerprint density at radius 2 is 2.24 bits per heavy atom. The average Bonchev–Trinajstić information content (AvgIpc) is 2.93. The Morgan fingerprint density at radius 1 is 1.41 bits per heavy atom. The van der Waals surface area contributed by atoms with E-state index in [1.807, 2.05) is 18.2 Å². The molecule has 2 aliphatic rings. The zero-order chi connectivity index (χ0) is 11.8. The number of fused-ring (bicyclic) bond motifs is 1. The van der Waals surface area contributed by atoms with Gasteiger partial charge in [-0.05, 0) is 18.1 Å². The number of likely N-dealkylation sites (tertiary alicyclic amines) is 1. The molecule has 0 bridgehead atoms. The third-order valence-corrected chi connectivity index (χ3v) is 3.54. The highest BCUT2D eigenvalue weighted by atomic mass is 16.3. The second-order valence-electron chi connectivity index (χ2n) is 4.78. The number of nitrogens with one attached hydrogen (secondary N) is 1. The Morgan fingerprint density at radius 3 is 2.94 bits per heavy atom. The third-order valence-electron chi connectivity index (χ3n) is 3.54. The van der Waals surface area contributed by atoms with E-state index in [-0.39, 0.29) is 18.1 Å². The van der Waals surface area contributed by atoms with Crippen LogP contribution in [0.5, 0.6) is 0 Å². The number of benzene rings is 1. The summed E-state index contributed by atoms with van der Waals surface area (Å²) in [6.07, 6.45) is 1.11. The number of hydrogen-bond donors (Lipinski definition) is 2. The first-order valence-electron chi connectivity index (χ1n) is 6.05. The van der Waals surface area contributed by atoms with Gasteiger partial charge >= 0.3 is 0 Å². The van der Waals surface area contributed by atoms with Gasteiger partial charge in [-0.15, -0.1) is 0 Å². The lowest BCUT2D eigenvalue weighted by atomic mass is 10.1. The minimum Gasteiger partial charge on any atom is -0.391 e. The van der Waals surface area contributed by atoms with Crippen LogP contribution in [0.1, 0.15) is 12.0 Å². The van der Waals surface area contributed by atoms with Crippen LogP contribution in [0, 0.1) is 0 Å². The summed E-state index contributed by atoms with van der Waals surface area (Å²) in [7, 11) is 0. The number of para-hydroxylation sites is 1. The lowest BCUT2D eigenvalue weighted by Gasteiger charge is -2.20. The lowest BCUT2D eigenvalue weighted by molar-refractivity contribution is -0.131. The van der Waals surface area contributed by atoms with Gasteiger partial charge in [0.25, 0.3) is 0 Å². The van der Waals surface area contributed by atoms with Gasteiger partial charge in [-0.3, -0.25) is 4.79 Å². The van der Waals surface area contributed by atoms with Crippen molar-refractivity contribution in [1.29, 1.82) is 0 Å². The molecule has 2 heterocycles. The Bertz CT molecular complexity index is 422. The number of carbonyl (C=O) groups excluding carboxylic acids is 1. The molecule has 4 heteroatoms. The van der Waals surface area contributed by atoms with Gasteiger partial charge in [-0.1, -0.05) is 18.2 Å². The molecule has 2 atom stereocenters. The van der Waals surface area contributed by atoms with E-state index >= 15 is 0 Å². The van der Waals surface area contributed by atoms with Crippen LogP contribution >= 0.6 is 0 Å². The fourth-order valence-electron chi connectivity index (χ4n) is 2.61. The Hall–Kier alpha value is -1.55. The zero-order valence-electron chi connectivity index (χ0n) is 9.60. The summed E-state index contributed by atoms with van der Waals surface area (Å²) < 4.78 is 0. The predicted molar refractivity (Wildman–Crippen MR) is 64.8 cm³/mol. The van der Waals surface area contributed by atoms with E-state index in [9.17, 15) is 9.90 Å². The van der Waals surface area contributed by atoms with Crippen LogP contribution in [-0.4, -0.2) is 41.1 Å². The van der Waals surface area contributed by atoms with Crippen molar-refractivity contribution in [2.45, 2.75) is 25.0 Å². The Labute approximate surface area is 100 Å². The number of aliphatic hydroxyl groups excluding tert-OH is 1. The number of hydrogen-bond acceptors (Lipinski definition) is 3. The molecule has 1 amide bonds. The van der Waals surface area contributed by atoms with Crippen molar-refractivity contribution in [2.24, 2.45) is 0 Å². The van der Waals surface area contributed by atoms with E-state index in [1.54, 1.807) is 4.90 Å². The van der Waals surface area contributed by atoms with Gasteiger partial charge in [0.15, 0.2) is 0 Å². The fourth-order valence-corrected chi connectivity index (χ4v) is 2.61. The molecule has 3 rings (SSSR count). The molecule has 2 N–H and O–H groups in total. The van der Waals surface area contributed by atoms with Gasteiger partial charge < -0.3 is 15.3 Å². The van der Waals surface area contributed by atoms with Gasteiger partial charge in [0.1, 0.15) is 6.04 Å². The number of rotatable bonds is 1. The maximum atomic E-state index is 12.2. The van der Waals surface area contributed by atoms with Crippen LogP contribution < -0.4 is 5.32 Å². The molecule has 0 aliphatic carbocycles. The zero-order valence-corrected chi connectivity index (χ0v) is 9.60. The number of carbonyl (C=O) groups is 1. The highest BCUT2D eigenvalue weighted by Crippen LogP contribution is 2.26. The summed E-state index contributed by atoms with van der Waals surface area (Å²) in [4.78, 5) is 14.0. The van der Waals surface area contributed by atoms with Crippen LogP contribution in [0.2, 0.25) is 0 Å². The van der Waals surface area contributed by atoms with Crippen LogP contribution in [0.3, 0.4) is 0 Å². The molecule has 1 fully saturated rings. The standard InChI is InChI=1S/C13H16N2O2/c16-10-5-6-15(8-10)13(17)12-7-9-3-1-2-4-11(9)14-12/h1-4,10,12,14,16H,5-8H2. The highest BCUT2D eigenvalue weighted by molar-refractivity contribution is 5.87. The first-order valence-corrected chi connectivity index (χ1v) is 6.05. The number of nitrogens with zero attached hydrogens (tertiary/aromatic N) is 1. The van der Waals surface area contributed by atoms with E-state index < -0.39 is 0 Å². The first kappa shape index (κ1) is 10.6. The number of aliphatic hydroxyl groups is 1. The molecule has 1 aromatic carbocycles. The van der Waals surface area contributed by atoms with E-state index in [4.69, 9.17) is 0 Å². The minimum absolute atomic E-state index is 0.109. The Balaban J connectivity index is 1.70. The van der Waals surface area contributed by atoms with Crippen molar-refractivity contribution in [3.63, 3.8) is 0 Å². The first-order chi connectivity index (χ1) is 8.24. The van der Waals surface area contributed by atoms with Crippen molar-refractivity contribution in [3.05, 3.63) is 29.8 Å². The molecule has 1 aromatic rings. The van der Waals surface area contributed by atoms with Crippen molar-refractivity contribution in [2.75, 3.05) is 18.4 Å². The van der Waals surface area contributed by atoms with Crippen molar-refractivity contribution >= 4 is 11.6 Å². The monoisotopic (exact) mass is 232 g/mol. The Kier molecular flexibility index (Phi) is 2.52. The van der Waals surface area contributed by atoms with Gasteiger partial charge in [0.05, 0.1) is 6.10 Å². The second kappa shape index (κ2) is 4.04. The summed E-state index contributed by atoms with van der Waals surface area (Å²) >= 11 is 0. The van der Waals surface area contributed by atoms with Crippen molar-refractivity contribution in [1.82, 2.24) is 4.90 Å². The lowest BCUT2D eigenvalue weighted by Crippen LogP contribution is -2.41. The van der Waals surface area contributed by atoms with Gasteiger partial charge in [0, 0.05) is 25.2 Å². The van der Waals surface area contributed by atoms with Gasteiger partial charge in [-0.25, -0.2) is 0 Å². The molecule has 0 spiro atoms. The maximum Gasteiger partial charge on any atom is 0.245 e. The van der Waals surface area contributed by atoms with Gasteiger partial charge in [0.2, 0.25) is 5.91 Å². The fraction of sp³-hybridized carbons (Fsp3) is 0.462. The third kappa shape index (κ3) is 1.89. The molecule has 0 radical (unpaired) electrons. The SMILES string of the molecule is O=C(C1Cc2ccccc2N1)N1CCC(O)C1. The largest absolute Gasteiger partial charge is 0.391 e. The summed E-state index contributed by atoms with van der Waals surface area (Å²) in [6, 6.07) is 7.86. The molecular formula is C13H16N2O2. The van der Waals surface area contributed by atoms with E-state index in [1.165, 1.54) is 5.56 Å². The van der Waals surface area contributed by atoms with Crippen LogP contribution in [-0.2, 0) is 11.2 Å². The number of amides is 1. The minimum atomic E-state index is -0.345. The molecule has 1 saturated heterocycles. The normalized spacial score (nSPS) is 26.8. The summed E-state index contributed by atoms with van der Waals surface area (Å²) in [5.41, 5.74) is 2.26. The molecule has 90 valence electrons. The molecule has 0 aromatic heterocycles. The average molecular weight is 232 g/mol. The van der Waals surface area contributed by atoms with Crippen LogP contribution in [0.25, 0.3) is 0 Å². The smallest absolute Gasteiger partial charge is 0.245 e. The molecule has 4 nitrogen and oxygen atoms in total. The van der Waals surface area contributed by atoms with Crippen LogP contribution in [0.15, 0.2) is 24.3 Å². The summed E-state index contributed by atoms with van der Waals surface area (Å²) in [5, 5.41) is 12.7. The molecule has 2 unspecified atom stereocenters. The van der Waals surface area contributed by atoms with Crippen molar-refractivity contribution < 1.29 is 9.90 Å². The van der Waals surface area contributed by atoms with E-state index in [2.05, 4.69) is 11.4 Å². The van der Waals surface area contributed by atoms with Crippen LogP contribution in [0.4, 0.5) is 5.69 Å². The maximum absolute atomic E-state index is 12.2. The second-order valence-corrected chi connectivity index (χ2v) is 4.78. The molecular weight excluding hydrogens is 216 g/mol. The van der Waals surface area contributed by atoms with E-state index in [0.717, 1.165) is 12.1 Å². The molecule has 2 aliphatic heterocycles. The highest BCUT2D eigenvalue weighted by Gasteiger charge is 2.33. The number of anilines is 1. The van der Waals surface area contributed by atoms with Crippen molar-refractivity contribution in [3.8, 4) is 0 Å². The molecule has 17 heavy (non-hydrogen) atoms. The van der Waals surface area contributed by atoms with E-state index in [0.29, 0.717) is 19.5 Å².